The number of halogens is 2. The standard InChI is InChI=1S/C14H14BrFO/c1-9-6-7-10(13(8-9)17-2)14-11(15)4-3-5-12(14)16/h5-8H,3-4H2,1-2H3. The van der Waals surface area contributed by atoms with E-state index in [-0.39, 0.29) is 5.83 Å². The molecule has 1 aliphatic rings. The number of methoxy groups -OCH3 is 1. The van der Waals surface area contributed by atoms with E-state index < -0.39 is 0 Å². The molecule has 0 atom stereocenters. The maximum Gasteiger partial charge on any atom is 0.128 e. The second kappa shape index (κ2) is 5.05. The molecule has 1 aromatic carbocycles. The fourth-order valence-electron chi connectivity index (χ4n) is 1.96. The monoisotopic (exact) mass is 296 g/mol. The lowest BCUT2D eigenvalue weighted by atomic mass is 9.96. The summed E-state index contributed by atoms with van der Waals surface area (Å²) in [5.74, 6) is 0.535. The van der Waals surface area contributed by atoms with Crippen LogP contribution in [0.3, 0.4) is 0 Å². The van der Waals surface area contributed by atoms with Gasteiger partial charge in [0.05, 0.1) is 7.11 Å². The Balaban J connectivity index is 2.57. The van der Waals surface area contributed by atoms with Crippen LogP contribution >= 0.6 is 15.9 Å². The van der Waals surface area contributed by atoms with E-state index in [9.17, 15) is 4.39 Å². The number of benzene rings is 1. The van der Waals surface area contributed by atoms with Gasteiger partial charge in [-0.15, -0.1) is 0 Å². The predicted octanol–water partition coefficient (Wildman–Crippen LogP) is 4.76. The van der Waals surface area contributed by atoms with E-state index in [2.05, 4.69) is 15.9 Å². The van der Waals surface area contributed by atoms with Crippen LogP contribution in [0.5, 0.6) is 5.75 Å². The number of rotatable bonds is 2. The van der Waals surface area contributed by atoms with E-state index in [1.54, 1.807) is 13.2 Å². The Kier molecular flexibility index (Phi) is 3.67. The van der Waals surface area contributed by atoms with E-state index in [1.165, 1.54) is 0 Å². The molecule has 0 saturated carbocycles. The molecule has 0 bridgehead atoms. The summed E-state index contributed by atoms with van der Waals surface area (Å²) < 4.78 is 20.1. The minimum Gasteiger partial charge on any atom is -0.496 e. The van der Waals surface area contributed by atoms with E-state index in [4.69, 9.17) is 4.74 Å². The molecule has 1 aromatic rings. The summed E-state index contributed by atoms with van der Waals surface area (Å²) >= 11 is 3.46. The van der Waals surface area contributed by atoms with Crippen LogP contribution in [0.2, 0.25) is 0 Å². The third-order valence-corrected chi connectivity index (χ3v) is 3.62. The Bertz CT molecular complexity index is 503. The minimum atomic E-state index is -0.176. The maximum atomic E-state index is 13.9. The first-order chi connectivity index (χ1) is 8.13. The SMILES string of the molecule is COc1cc(C)ccc1C1=C(Br)CCC=C1F. The van der Waals surface area contributed by atoms with Crippen LogP contribution in [0.1, 0.15) is 24.0 Å². The average molecular weight is 297 g/mol. The Morgan fingerprint density at radius 3 is 2.76 bits per heavy atom. The van der Waals surface area contributed by atoms with Gasteiger partial charge < -0.3 is 4.74 Å². The summed E-state index contributed by atoms with van der Waals surface area (Å²) in [6.07, 6.45) is 3.20. The van der Waals surface area contributed by atoms with Crippen molar-refractivity contribution in [2.45, 2.75) is 19.8 Å². The van der Waals surface area contributed by atoms with Crippen molar-refractivity contribution < 1.29 is 9.13 Å². The number of hydrogen-bond acceptors (Lipinski definition) is 1. The van der Waals surface area contributed by atoms with Gasteiger partial charge in [-0.25, -0.2) is 4.39 Å². The van der Waals surface area contributed by atoms with Crippen LogP contribution in [-0.4, -0.2) is 7.11 Å². The summed E-state index contributed by atoms with van der Waals surface area (Å²) in [5, 5.41) is 0. The lowest BCUT2D eigenvalue weighted by Gasteiger charge is -2.17. The van der Waals surface area contributed by atoms with Gasteiger partial charge in [0, 0.05) is 15.6 Å². The Morgan fingerprint density at radius 2 is 2.12 bits per heavy atom. The van der Waals surface area contributed by atoms with Gasteiger partial charge in [-0.1, -0.05) is 28.1 Å². The zero-order valence-electron chi connectivity index (χ0n) is 9.89. The summed E-state index contributed by atoms with van der Waals surface area (Å²) in [6, 6.07) is 5.79. The molecule has 1 aliphatic carbocycles. The van der Waals surface area contributed by atoms with Gasteiger partial charge >= 0.3 is 0 Å². The number of hydrogen-bond donors (Lipinski definition) is 0. The molecule has 0 fully saturated rings. The van der Waals surface area contributed by atoms with Gasteiger partial charge in [0.1, 0.15) is 11.6 Å². The normalized spacial score (nSPS) is 15.9. The molecular formula is C14H14BrFO. The molecule has 0 amide bonds. The quantitative estimate of drug-likeness (QED) is 0.765. The minimum absolute atomic E-state index is 0.176. The zero-order chi connectivity index (χ0) is 12.4. The maximum absolute atomic E-state index is 13.9. The molecule has 0 heterocycles. The molecule has 0 aromatic heterocycles. The third-order valence-electron chi connectivity index (χ3n) is 2.82. The van der Waals surface area contributed by atoms with E-state index in [1.807, 2.05) is 25.1 Å². The van der Waals surface area contributed by atoms with Crippen molar-refractivity contribution in [2.75, 3.05) is 7.11 Å². The second-order valence-electron chi connectivity index (χ2n) is 4.07. The van der Waals surface area contributed by atoms with E-state index in [0.29, 0.717) is 11.3 Å². The summed E-state index contributed by atoms with van der Waals surface area (Å²) in [7, 11) is 1.61. The molecule has 17 heavy (non-hydrogen) atoms. The van der Waals surface area contributed by atoms with Crippen LogP contribution in [0.4, 0.5) is 4.39 Å². The van der Waals surface area contributed by atoms with E-state index >= 15 is 0 Å². The number of aryl methyl sites for hydroxylation is 1. The van der Waals surface area contributed by atoms with Crippen LogP contribution in [-0.2, 0) is 0 Å². The molecule has 2 rings (SSSR count). The van der Waals surface area contributed by atoms with Crippen molar-refractivity contribution in [3.8, 4) is 5.75 Å². The topological polar surface area (TPSA) is 9.23 Å². The third kappa shape index (κ3) is 2.44. The van der Waals surface area contributed by atoms with Gasteiger partial charge in [-0.2, -0.15) is 0 Å². The average Bonchev–Trinajstić information content (AvgIpc) is 2.30. The summed E-state index contributed by atoms with van der Waals surface area (Å²) in [4.78, 5) is 0. The molecule has 3 heteroatoms. The highest BCUT2D eigenvalue weighted by atomic mass is 79.9. The lowest BCUT2D eigenvalue weighted by Crippen LogP contribution is -1.98. The van der Waals surface area contributed by atoms with Crippen LogP contribution in [0.25, 0.3) is 5.57 Å². The van der Waals surface area contributed by atoms with Crippen molar-refractivity contribution in [2.24, 2.45) is 0 Å². The Labute approximate surface area is 109 Å². The van der Waals surface area contributed by atoms with Crippen LogP contribution in [0, 0.1) is 6.92 Å². The van der Waals surface area contributed by atoms with Crippen molar-refractivity contribution in [3.05, 3.63) is 45.7 Å². The highest BCUT2D eigenvalue weighted by Gasteiger charge is 2.19. The van der Waals surface area contributed by atoms with Crippen molar-refractivity contribution in [1.82, 2.24) is 0 Å². The molecule has 0 saturated heterocycles. The molecule has 90 valence electrons. The summed E-state index contributed by atoms with van der Waals surface area (Å²) in [5.41, 5.74) is 2.52. The van der Waals surface area contributed by atoms with Gasteiger partial charge in [0.2, 0.25) is 0 Å². The molecule has 0 N–H and O–H groups in total. The van der Waals surface area contributed by atoms with Crippen molar-refractivity contribution in [3.63, 3.8) is 0 Å². The first-order valence-electron chi connectivity index (χ1n) is 5.53. The smallest absolute Gasteiger partial charge is 0.128 e. The van der Waals surface area contributed by atoms with Gasteiger partial charge in [-0.3, -0.25) is 0 Å². The largest absolute Gasteiger partial charge is 0.496 e. The molecule has 0 aliphatic heterocycles. The fraction of sp³-hybridized carbons (Fsp3) is 0.286. The zero-order valence-corrected chi connectivity index (χ0v) is 11.5. The van der Waals surface area contributed by atoms with Crippen LogP contribution in [0.15, 0.2) is 34.6 Å². The van der Waals surface area contributed by atoms with Gasteiger partial charge in [0.25, 0.3) is 0 Å². The molecular weight excluding hydrogens is 283 g/mol. The predicted molar refractivity (Wildman–Crippen MR) is 72.0 cm³/mol. The number of ether oxygens (including phenoxy) is 1. The first kappa shape index (κ1) is 12.4. The molecule has 0 spiro atoms. The molecule has 0 unspecified atom stereocenters. The van der Waals surface area contributed by atoms with E-state index in [0.717, 1.165) is 28.5 Å². The fourth-order valence-corrected chi connectivity index (χ4v) is 2.59. The molecule has 1 nitrogen and oxygen atoms in total. The Morgan fingerprint density at radius 1 is 1.35 bits per heavy atom. The Hall–Kier alpha value is -1.09. The van der Waals surface area contributed by atoms with Crippen molar-refractivity contribution in [1.29, 1.82) is 0 Å². The second-order valence-corrected chi connectivity index (χ2v) is 5.03. The van der Waals surface area contributed by atoms with Gasteiger partial charge in [-0.05, 0) is 37.5 Å². The molecule has 0 radical (unpaired) electrons. The highest BCUT2D eigenvalue weighted by Crippen LogP contribution is 2.40. The van der Waals surface area contributed by atoms with Crippen LogP contribution < -0.4 is 4.74 Å². The summed E-state index contributed by atoms with van der Waals surface area (Å²) in [6.45, 7) is 1.99. The van der Waals surface area contributed by atoms with Gasteiger partial charge in [0.15, 0.2) is 0 Å². The number of allylic oxidation sites excluding steroid dienone is 4. The van der Waals surface area contributed by atoms with Crippen molar-refractivity contribution >= 4 is 21.5 Å². The first-order valence-corrected chi connectivity index (χ1v) is 6.32. The highest BCUT2D eigenvalue weighted by molar-refractivity contribution is 9.11. The lowest BCUT2D eigenvalue weighted by molar-refractivity contribution is 0.413.